The molecule has 0 amide bonds. The fourth-order valence-electron chi connectivity index (χ4n) is 2.72. The highest BCUT2D eigenvalue weighted by Gasteiger charge is 2.26. The van der Waals surface area contributed by atoms with E-state index in [9.17, 15) is 0 Å². The monoisotopic (exact) mass is 254 g/mol. The fraction of sp³-hybridized carbons (Fsp3) is 0.400. The predicted octanol–water partition coefficient (Wildman–Crippen LogP) is 2.52. The van der Waals surface area contributed by atoms with Crippen LogP contribution in [0.4, 0.5) is 0 Å². The molecular weight excluding hydrogens is 236 g/mol. The lowest BCUT2D eigenvalue weighted by Gasteiger charge is -2.23. The molecule has 1 aliphatic rings. The molecule has 0 bridgehead atoms. The van der Waals surface area contributed by atoms with Crippen LogP contribution in [0.15, 0.2) is 36.8 Å². The van der Waals surface area contributed by atoms with Gasteiger partial charge in [-0.3, -0.25) is 9.88 Å². The van der Waals surface area contributed by atoms with Crippen LogP contribution in [0, 0.1) is 6.92 Å². The van der Waals surface area contributed by atoms with Gasteiger partial charge in [0.15, 0.2) is 0 Å². The molecule has 98 valence electrons. The third kappa shape index (κ3) is 2.79. The second-order valence-corrected chi connectivity index (χ2v) is 5.03. The zero-order chi connectivity index (χ0) is 13.1. The summed E-state index contributed by atoms with van der Waals surface area (Å²) in [7, 11) is 0. The molecule has 4 nitrogen and oxygen atoms in total. The first-order chi connectivity index (χ1) is 9.33. The molecule has 1 unspecified atom stereocenters. The molecule has 0 N–H and O–H groups in total. The lowest BCUT2D eigenvalue weighted by Crippen LogP contribution is -2.24. The van der Waals surface area contributed by atoms with E-state index < -0.39 is 0 Å². The van der Waals surface area contributed by atoms with E-state index in [1.165, 1.54) is 18.4 Å². The highest BCUT2D eigenvalue weighted by Crippen LogP contribution is 2.32. The van der Waals surface area contributed by atoms with Crippen molar-refractivity contribution in [2.75, 3.05) is 6.54 Å². The number of hydrogen-bond acceptors (Lipinski definition) is 4. The summed E-state index contributed by atoms with van der Waals surface area (Å²) >= 11 is 0. The van der Waals surface area contributed by atoms with Gasteiger partial charge >= 0.3 is 0 Å². The van der Waals surface area contributed by atoms with E-state index in [0.29, 0.717) is 6.04 Å². The molecule has 1 saturated heterocycles. The first kappa shape index (κ1) is 12.2. The van der Waals surface area contributed by atoms with Crippen molar-refractivity contribution in [3.05, 3.63) is 53.9 Å². The van der Waals surface area contributed by atoms with Gasteiger partial charge in [-0.2, -0.15) is 0 Å². The third-order valence-electron chi connectivity index (χ3n) is 3.62. The maximum Gasteiger partial charge on any atom is 0.142 e. The molecule has 0 saturated carbocycles. The molecule has 0 aliphatic carbocycles. The number of aromatic nitrogens is 3. The Bertz CT molecular complexity index is 541. The van der Waals surface area contributed by atoms with E-state index in [2.05, 4.69) is 25.9 Å². The largest absolute Gasteiger partial charge is 0.289 e. The Morgan fingerprint density at radius 2 is 2.26 bits per heavy atom. The summed E-state index contributed by atoms with van der Waals surface area (Å²) in [5.74, 6) is 0.913. The van der Waals surface area contributed by atoms with Crippen molar-refractivity contribution in [2.45, 2.75) is 32.4 Å². The van der Waals surface area contributed by atoms with Crippen molar-refractivity contribution in [3.8, 4) is 0 Å². The average molecular weight is 254 g/mol. The van der Waals surface area contributed by atoms with Gasteiger partial charge in [-0.15, -0.1) is 0 Å². The minimum absolute atomic E-state index is 0.456. The number of rotatable bonds is 3. The number of nitrogens with zero attached hydrogens (tertiary/aromatic N) is 4. The average Bonchev–Trinajstić information content (AvgIpc) is 2.88. The van der Waals surface area contributed by atoms with Crippen molar-refractivity contribution >= 4 is 0 Å². The highest BCUT2D eigenvalue weighted by atomic mass is 15.2. The number of hydrogen-bond donors (Lipinski definition) is 0. The molecule has 0 radical (unpaired) electrons. The topological polar surface area (TPSA) is 41.9 Å². The van der Waals surface area contributed by atoms with E-state index >= 15 is 0 Å². The van der Waals surface area contributed by atoms with Crippen molar-refractivity contribution in [3.63, 3.8) is 0 Å². The zero-order valence-corrected chi connectivity index (χ0v) is 11.2. The van der Waals surface area contributed by atoms with E-state index in [0.717, 1.165) is 24.6 Å². The molecule has 3 heterocycles. The summed E-state index contributed by atoms with van der Waals surface area (Å²) in [5, 5.41) is 0. The molecule has 2 aromatic rings. The van der Waals surface area contributed by atoms with E-state index in [-0.39, 0.29) is 0 Å². The van der Waals surface area contributed by atoms with Gasteiger partial charge in [0.25, 0.3) is 0 Å². The Morgan fingerprint density at radius 1 is 1.32 bits per heavy atom. The molecule has 2 aromatic heterocycles. The van der Waals surface area contributed by atoms with Crippen LogP contribution < -0.4 is 0 Å². The lowest BCUT2D eigenvalue weighted by atomic mass is 10.1. The first-order valence-electron chi connectivity index (χ1n) is 6.75. The summed E-state index contributed by atoms with van der Waals surface area (Å²) in [5.41, 5.74) is 2.33. The quantitative estimate of drug-likeness (QED) is 0.844. The number of pyridine rings is 1. The van der Waals surface area contributed by atoms with Gasteiger partial charge in [-0.1, -0.05) is 6.07 Å². The van der Waals surface area contributed by atoms with Gasteiger partial charge < -0.3 is 0 Å². The van der Waals surface area contributed by atoms with E-state index in [1.807, 2.05) is 37.6 Å². The Morgan fingerprint density at radius 3 is 3.05 bits per heavy atom. The molecule has 3 rings (SSSR count). The minimum atomic E-state index is 0.456. The van der Waals surface area contributed by atoms with Gasteiger partial charge in [0, 0.05) is 30.3 Å². The van der Waals surface area contributed by atoms with Gasteiger partial charge in [-0.25, -0.2) is 9.97 Å². The second-order valence-electron chi connectivity index (χ2n) is 5.03. The highest BCUT2D eigenvalue weighted by molar-refractivity contribution is 5.15. The number of aryl methyl sites for hydroxylation is 1. The molecule has 4 heteroatoms. The molecule has 0 spiro atoms. The van der Waals surface area contributed by atoms with Crippen LogP contribution in [0.25, 0.3) is 0 Å². The minimum Gasteiger partial charge on any atom is -0.289 e. The Kier molecular flexibility index (Phi) is 3.51. The maximum absolute atomic E-state index is 4.50. The molecule has 1 fully saturated rings. The fourth-order valence-corrected chi connectivity index (χ4v) is 2.72. The van der Waals surface area contributed by atoms with Gasteiger partial charge in [0.1, 0.15) is 5.82 Å². The molecule has 1 aliphatic heterocycles. The smallest absolute Gasteiger partial charge is 0.142 e. The van der Waals surface area contributed by atoms with Gasteiger partial charge in [0.2, 0.25) is 0 Å². The SMILES string of the molecule is Cc1ccnc(CN2CCCC2c2cccnc2)n1. The predicted molar refractivity (Wildman–Crippen MR) is 73.4 cm³/mol. The first-order valence-corrected chi connectivity index (χ1v) is 6.75. The standard InChI is InChI=1S/C15H18N4/c1-12-6-8-17-15(18-12)11-19-9-3-5-14(19)13-4-2-7-16-10-13/h2,4,6-8,10,14H,3,5,9,11H2,1H3. The molecule has 0 aromatic carbocycles. The van der Waals surface area contributed by atoms with Gasteiger partial charge in [0.05, 0.1) is 6.54 Å². The summed E-state index contributed by atoms with van der Waals surface area (Å²) in [4.78, 5) is 15.5. The second kappa shape index (κ2) is 5.45. The lowest BCUT2D eigenvalue weighted by molar-refractivity contribution is 0.241. The molecule has 1 atom stereocenters. The summed E-state index contributed by atoms with van der Waals surface area (Å²) in [6.45, 7) is 3.94. The third-order valence-corrected chi connectivity index (χ3v) is 3.62. The maximum atomic E-state index is 4.50. The zero-order valence-electron chi connectivity index (χ0n) is 11.2. The van der Waals surface area contributed by atoms with Crippen molar-refractivity contribution < 1.29 is 0 Å². The van der Waals surface area contributed by atoms with Crippen molar-refractivity contribution in [1.29, 1.82) is 0 Å². The van der Waals surface area contributed by atoms with E-state index in [1.54, 1.807) is 0 Å². The van der Waals surface area contributed by atoms with Crippen LogP contribution in [0.2, 0.25) is 0 Å². The van der Waals surface area contributed by atoms with Crippen LogP contribution >= 0.6 is 0 Å². The van der Waals surface area contributed by atoms with Crippen LogP contribution in [-0.4, -0.2) is 26.4 Å². The van der Waals surface area contributed by atoms with Crippen LogP contribution in [-0.2, 0) is 6.54 Å². The van der Waals surface area contributed by atoms with Crippen LogP contribution in [0.5, 0.6) is 0 Å². The van der Waals surface area contributed by atoms with Crippen LogP contribution in [0.1, 0.15) is 36.0 Å². The van der Waals surface area contributed by atoms with Crippen molar-refractivity contribution in [2.24, 2.45) is 0 Å². The van der Waals surface area contributed by atoms with E-state index in [4.69, 9.17) is 0 Å². The Labute approximate surface area is 113 Å². The van der Waals surface area contributed by atoms with Crippen LogP contribution in [0.3, 0.4) is 0 Å². The van der Waals surface area contributed by atoms with Gasteiger partial charge in [-0.05, 0) is 44.0 Å². The summed E-state index contributed by atoms with van der Waals surface area (Å²) < 4.78 is 0. The summed E-state index contributed by atoms with van der Waals surface area (Å²) in [6, 6.07) is 6.56. The normalized spacial score (nSPS) is 19.7. The van der Waals surface area contributed by atoms with Crippen molar-refractivity contribution in [1.82, 2.24) is 19.9 Å². The molecular formula is C15H18N4. The Hall–Kier alpha value is -1.81. The Balaban J connectivity index is 1.77. The molecule has 19 heavy (non-hydrogen) atoms. The number of likely N-dealkylation sites (tertiary alicyclic amines) is 1. The summed E-state index contributed by atoms with van der Waals surface area (Å²) in [6.07, 6.45) is 8.06.